The topological polar surface area (TPSA) is 56.7 Å². The van der Waals surface area contributed by atoms with Crippen molar-refractivity contribution in [1.29, 1.82) is 0 Å². The Morgan fingerprint density at radius 3 is 1.53 bits per heavy atom. The van der Waals surface area contributed by atoms with Gasteiger partial charge in [0.05, 0.1) is 11.0 Å². The van der Waals surface area contributed by atoms with Crippen LogP contribution in [0.4, 0.5) is 0 Å². The number of hydrogen-bond acceptors (Lipinski definition) is 4. The summed E-state index contributed by atoms with van der Waals surface area (Å²) in [5, 5.41) is 13.9. The minimum absolute atomic E-state index is 0.555. The van der Waals surface area contributed by atoms with Gasteiger partial charge in [-0.25, -0.2) is 4.98 Å². The van der Waals surface area contributed by atoms with Gasteiger partial charge in [0.15, 0.2) is 11.6 Å². The van der Waals surface area contributed by atoms with Gasteiger partial charge in [0.2, 0.25) is 5.95 Å². The molecule has 0 aliphatic heterocycles. The average molecular weight is 765 g/mol. The SMILES string of the molecule is c1cc(-c2ccc3ccccc3c2)cc(-c2nc(-c3ccc4oc5cc6ccccc6cc5c4c3)nc(-n3c4ccc5ccccc5c4c4c5ccccc5ccc43)n2)c1. The Kier molecular flexibility index (Phi) is 6.95. The lowest BCUT2D eigenvalue weighted by atomic mass is 9.99. The fraction of sp³-hybridized carbons (Fsp3) is 0. The molecule has 0 unspecified atom stereocenters. The molecule has 0 saturated carbocycles. The van der Waals surface area contributed by atoms with E-state index in [-0.39, 0.29) is 0 Å². The summed E-state index contributed by atoms with van der Waals surface area (Å²) in [5.74, 6) is 1.73. The van der Waals surface area contributed by atoms with E-state index >= 15 is 0 Å². The largest absolute Gasteiger partial charge is 0.456 e. The van der Waals surface area contributed by atoms with Crippen molar-refractivity contribution in [3.8, 4) is 39.9 Å². The van der Waals surface area contributed by atoms with E-state index in [4.69, 9.17) is 19.4 Å². The van der Waals surface area contributed by atoms with Crippen LogP contribution >= 0.6 is 0 Å². The zero-order chi connectivity index (χ0) is 39.3. The number of nitrogens with zero attached hydrogens (tertiary/aromatic N) is 4. The van der Waals surface area contributed by atoms with Crippen LogP contribution in [0.1, 0.15) is 0 Å². The zero-order valence-corrected chi connectivity index (χ0v) is 32.2. The Balaban J connectivity index is 1.08. The first kappa shape index (κ1) is 32.9. The van der Waals surface area contributed by atoms with Crippen LogP contribution in [0.25, 0.3) is 127 Å². The molecule has 13 aromatic rings. The summed E-state index contributed by atoms with van der Waals surface area (Å²) >= 11 is 0. The van der Waals surface area contributed by atoms with Crippen LogP contribution in [-0.4, -0.2) is 19.5 Å². The number of fused-ring (bicyclic) bond motifs is 12. The minimum Gasteiger partial charge on any atom is -0.456 e. The van der Waals surface area contributed by atoms with Crippen LogP contribution in [0.5, 0.6) is 0 Å². The molecule has 3 aromatic heterocycles. The Morgan fingerprint density at radius 1 is 0.317 bits per heavy atom. The molecule has 13 rings (SSSR count). The minimum atomic E-state index is 0.555. The lowest BCUT2D eigenvalue weighted by Crippen LogP contribution is -2.06. The van der Waals surface area contributed by atoms with Gasteiger partial charge in [0.25, 0.3) is 0 Å². The molecule has 0 atom stereocenters. The van der Waals surface area contributed by atoms with E-state index in [0.717, 1.165) is 60.6 Å². The second-order valence-corrected chi connectivity index (χ2v) is 15.6. The summed E-state index contributed by atoms with van der Waals surface area (Å²) in [6.45, 7) is 0. The molecule has 0 N–H and O–H groups in total. The van der Waals surface area contributed by atoms with Crippen LogP contribution in [0, 0.1) is 0 Å². The van der Waals surface area contributed by atoms with E-state index < -0.39 is 0 Å². The molecule has 5 nitrogen and oxygen atoms in total. The molecule has 60 heavy (non-hydrogen) atoms. The van der Waals surface area contributed by atoms with Gasteiger partial charge in [0, 0.05) is 32.7 Å². The Bertz CT molecular complexity index is 3820. The first-order chi connectivity index (χ1) is 29.7. The molecule has 0 bridgehead atoms. The zero-order valence-electron chi connectivity index (χ0n) is 32.2. The summed E-state index contributed by atoms with van der Waals surface area (Å²) in [7, 11) is 0. The van der Waals surface area contributed by atoms with Gasteiger partial charge in [-0.2, -0.15) is 9.97 Å². The molecule has 0 radical (unpaired) electrons. The van der Waals surface area contributed by atoms with E-state index in [1.54, 1.807) is 0 Å². The molecule has 0 spiro atoms. The maximum Gasteiger partial charge on any atom is 0.238 e. The molecule has 3 heterocycles. The third kappa shape index (κ3) is 5.03. The van der Waals surface area contributed by atoms with Crippen molar-refractivity contribution >= 4 is 86.8 Å². The quantitative estimate of drug-likeness (QED) is 0.179. The number of benzene rings is 10. The number of furan rings is 1. The predicted octanol–water partition coefficient (Wildman–Crippen LogP) is 14.5. The van der Waals surface area contributed by atoms with Gasteiger partial charge in [0.1, 0.15) is 11.2 Å². The van der Waals surface area contributed by atoms with Crippen LogP contribution in [0.15, 0.2) is 199 Å². The third-order valence-corrected chi connectivity index (χ3v) is 12.2. The number of aromatic nitrogens is 4. The Morgan fingerprint density at radius 2 is 0.833 bits per heavy atom. The summed E-state index contributed by atoms with van der Waals surface area (Å²) in [6.07, 6.45) is 0. The van der Waals surface area contributed by atoms with Crippen molar-refractivity contribution in [3.05, 3.63) is 194 Å². The first-order valence-electron chi connectivity index (χ1n) is 20.3. The molecule has 0 aliphatic carbocycles. The first-order valence-corrected chi connectivity index (χ1v) is 20.3. The molecule has 0 aliphatic rings. The molecule has 0 saturated heterocycles. The highest BCUT2D eigenvalue weighted by molar-refractivity contribution is 6.28. The van der Waals surface area contributed by atoms with E-state index in [0.29, 0.717) is 17.6 Å². The molecular weight excluding hydrogens is 733 g/mol. The second-order valence-electron chi connectivity index (χ2n) is 15.6. The van der Waals surface area contributed by atoms with Gasteiger partial charge in [-0.05, 0) is 109 Å². The normalized spacial score (nSPS) is 12.0. The molecule has 5 heteroatoms. The molecule has 10 aromatic carbocycles. The van der Waals surface area contributed by atoms with Gasteiger partial charge >= 0.3 is 0 Å². The number of hydrogen-bond donors (Lipinski definition) is 0. The van der Waals surface area contributed by atoms with E-state index in [2.05, 4.69) is 193 Å². The summed E-state index contributed by atoms with van der Waals surface area (Å²) in [4.78, 5) is 16.0. The van der Waals surface area contributed by atoms with E-state index in [1.807, 2.05) is 6.07 Å². The van der Waals surface area contributed by atoms with Crippen LogP contribution in [-0.2, 0) is 0 Å². The highest BCUT2D eigenvalue weighted by Crippen LogP contribution is 2.41. The van der Waals surface area contributed by atoms with Crippen molar-refractivity contribution in [2.75, 3.05) is 0 Å². The fourth-order valence-electron chi connectivity index (χ4n) is 9.29. The fourth-order valence-corrected chi connectivity index (χ4v) is 9.29. The summed E-state index contributed by atoms with van der Waals surface area (Å²) in [6, 6.07) is 68.7. The standard InChI is InChI=1S/C55H32N4O/c1-2-13-36-28-40(21-20-33(36)10-1)37-16-9-17-41(29-37)53-56-54(42-24-27-49-45(31-42)46-30-38-14-3-4-15-39(38)32-50(46)60-49)58-55(57-53)59-47-25-22-34-11-5-7-18-43(34)51(47)52-44-19-8-6-12-35(44)23-26-48(52)59/h1-32H. The maximum atomic E-state index is 6.42. The van der Waals surface area contributed by atoms with E-state index in [9.17, 15) is 0 Å². The molecule has 0 fully saturated rings. The molecule has 278 valence electrons. The second kappa shape index (κ2) is 12.7. The van der Waals surface area contributed by atoms with Gasteiger partial charge in [-0.1, -0.05) is 140 Å². The van der Waals surface area contributed by atoms with Gasteiger partial charge in [-0.3, -0.25) is 4.57 Å². The van der Waals surface area contributed by atoms with Crippen molar-refractivity contribution in [2.45, 2.75) is 0 Å². The van der Waals surface area contributed by atoms with Crippen molar-refractivity contribution in [2.24, 2.45) is 0 Å². The van der Waals surface area contributed by atoms with E-state index in [1.165, 1.54) is 48.5 Å². The van der Waals surface area contributed by atoms with Crippen molar-refractivity contribution < 1.29 is 4.42 Å². The molecule has 0 amide bonds. The third-order valence-electron chi connectivity index (χ3n) is 12.2. The predicted molar refractivity (Wildman–Crippen MR) is 248 cm³/mol. The van der Waals surface area contributed by atoms with Gasteiger partial charge < -0.3 is 4.42 Å². The van der Waals surface area contributed by atoms with Crippen LogP contribution in [0.3, 0.4) is 0 Å². The average Bonchev–Trinajstić information content (AvgIpc) is 3.85. The Hall–Kier alpha value is -8.15. The van der Waals surface area contributed by atoms with Gasteiger partial charge in [-0.15, -0.1) is 0 Å². The Labute approximate surface area is 343 Å². The lowest BCUT2D eigenvalue weighted by molar-refractivity contribution is 0.669. The summed E-state index contributed by atoms with van der Waals surface area (Å²) < 4.78 is 8.64. The van der Waals surface area contributed by atoms with Crippen molar-refractivity contribution in [1.82, 2.24) is 19.5 Å². The van der Waals surface area contributed by atoms with Crippen LogP contribution in [0.2, 0.25) is 0 Å². The van der Waals surface area contributed by atoms with Crippen molar-refractivity contribution in [3.63, 3.8) is 0 Å². The molecular formula is C55H32N4O. The van der Waals surface area contributed by atoms with Crippen LogP contribution < -0.4 is 0 Å². The maximum absolute atomic E-state index is 6.42. The lowest BCUT2D eigenvalue weighted by Gasteiger charge is -2.12. The monoisotopic (exact) mass is 764 g/mol. The number of rotatable bonds is 4. The highest BCUT2D eigenvalue weighted by Gasteiger charge is 2.21. The highest BCUT2D eigenvalue weighted by atomic mass is 16.3. The summed E-state index contributed by atoms with van der Waals surface area (Å²) in [5.41, 5.74) is 7.77. The smallest absolute Gasteiger partial charge is 0.238 e.